The third-order valence-corrected chi connectivity index (χ3v) is 9.14. The van der Waals surface area contributed by atoms with Gasteiger partial charge in [0.05, 0.1) is 34.0 Å². The van der Waals surface area contributed by atoms with Crippen molar-refractivity contribution >= 4 is 33.3 Å². The Morgan fingerprint density at radius 1 is 1.18 bits per heavy atom. The predicted molar refractivity (Wildman–Crippen MR) is 144 cm³/mol. The Labute approximate surface area is 231 Å². The molecule has 0 amide bonds. The van der Waals surface area contributed by atoms with Gasteiger partial charge in [0.15, 0.2) is 5.41 Å². The summed E-state index contributed by atoms with van der Waals surface area (Å²) in [6, 6.07) is 20.0. The van der Waals surface area contributed by atoms with Crippen LogP contribution in [0.15, 0.2) is 96.4 Å². The zero-order valence-corrected chi connectivity index (χ0v) is 22.4. The van der Waals surface area contributed by atoms with Gasteiger partial charge in [0.1, 0.15) is 0 Å². The van der Waals surface area contributed by atoms with E-state index in [1.807, 2.05) is 0 Å². The lowest BCUT2D eigenvalue weighted by atomic mass is 9.59. The van der Waals surface area contributed by atoms with Crippen LogP contribution >= 0.6 is 11.6 Å². The zero-order valence-electron chi connectivity index (χ0n) is 20.9. The minimum Gasteiger partial charge on any atom is -0.465 e. The molecule has 1 saturated heterocycles. The molecule has 0 aliphatic carbocycles. The number of hydrogen-bond acceptors (Lipinski definition) is 7. The molecular formula is C28H24ClN3O6S. The molecule has 1 heterocycles. The molecule has 0 unspecified atom stereocenters. The summed E-state index contributed by atoms with van der Waals surface area (Å²) in [5, 5.41) is 22.4. The largest absolute Gasteiger partial charge is 0.465 e. The van der Waals surface area contributed by atoms with E-state index in [9.17, 15) is 28.6 Å². The molecule has 3 aromatic rings. The van der Waals surface area contributed by atoms with Crippen LogP contribution in [0, 0.1) is 26.9 Å². The lowest BCUT2D eigenvalue weighted by molar-refractivity contribution is -0.384. The number of benzene rings is 3. The maximum Gasteiger partial charge on any atom is 0.329 e. The van der Waals surface area contributed by atoms with Gasteiger partial charge in [0.2, 0.25) is 10.0 Å². The number of carbonyl (C=O) groups is 1. The van der Waals surface area contributed by atoms with Gasteiger partial charge in [-0.05, 0) is 42.3 Å². The summed E-state index contributed by atoms with van der Waals surface area (Å²) in [5.74, 6) is -0.905. The molecule has 1 aliphatic rings. The summed E-state index contributed by atoms with van der Waals surface area (Å²) in [6.45, 7) is 5.16. The lowest BCUT2D eigenvalue weighted by Crippen LogP contribution is -2.50. The molecule has 0 spiro atoms. The minimum atomic E-state index is -4.43. The Morgan fingerprint density at radius 3 is 2.31 bits per heavy atom. The van der Waals surface area contributed by atoms with E-state index in [4.69, 9.17) is 16.3 Å². The molecule has 0 aromatic heterocycles. The first-order valence-electron chi connectivity index (χ1n) is 11.9. The Bertz CT molecular complexity index is 1560. The van der Waals surface area contributed by atoms with Crippen LogP contribution in [0.4, 0.5) is 5.69 Å². The van der Waals surface area contributed by atoms with Crippen molar-refractivity contribution in [3.05, 3.63) is 118 Å². The standard InChI is InChI=1S/C28H24ClN3O6S/c1-3-27(21-10-12-22(29)13-11-21)19-31(39(36,37)24-16-14-23(15-17-24)32(34)35)25(20-8-6-5-7-9-20)28(27,18-30)26(33)38-4-2/h3,5-17,25H,1,4,19H2,2H3/t25-,27+,28+/m0/s1. The van der Waals surface area contributed by atoms with Crippen LogP contribution in [0.1, 0.15) is 24.1 Å². The molecule has 1 fully saturated rings. The molecule has 3 aromatic carbocycles. The molecule has 1 aliphatic heterocycles. The van der Waals surface area contributed by atoms with Crippen molar-refractivity contribution < 1.29 is 22.9 Å². The van der Waals surface area contributed by atoms with E-state index in [0.29, 0.717) is 16.1 Å². The predicted octanol–water partition coefficient (Wildman–Crippen LogP) is 5.19. The fourth-order valence-electron chi connectivity index (χ4n) is 5.23. The van der Waals surface area contributed by atoms with Gasteiger partial charge in [-0.25, -0.2) is 8.42 Å². The average Bonchev–Trinajstić information content (AvgIpc) is 3.27. The SMILES string of the molecule is C=C[C@]1(c2ccc(Cl)cc2)CN(S(=O)(=O)c2ccc([N+](=O)[O-])cc2)[C@@H](c2ccccc2)[C@]1(C#N)C(=O)OCC. The molecule has 0 radical (unpaired) electrons. The lowest BCUT2D eigenvalue weighted by Gasteiger charge is -2.39. The van der Waals surface area contributed by atoms with Crippen LogP contribution in [-0.4, -0.2) is 36.8 Å². The van der Waals surface area contributed by atoms with E-state index in [2.05, 4.69) is 12.6 Å². The van der Waals surface area contributed by atoms with E-state index in [1.165, 1.54) is 6.08 Å². The summed E-state index contributed by atoms with van der Waals surface area (Å²) in [7, 11) is -4.43. The molecule has 39 heavy (non-hydrogen) atoms. The normalized spacial score (nSPS) is 23.1. The van der Waals surface area contributed by atoms with Crippen molar-refractivity contribution in [2.24, 2.45) is 5.41 Å². The highest BCUT2D eigenvalue weighted by molar-refractivity contribution is 7.89. The second-order valence-corrected chi connectivity index (χ2v) is 11.3. The van der Waals surface area contributed by atoms with Crippen molar-refractivity contribution in [1.82, 2.24) is 4.31 Å². The van der Waals surface area contributed by atoms with Crippen molar-refractivity contribution in [3.63, 3.8) is 0 Å². The zero-order chi connectivity index (χ0) is 28.4. The van der Waals surface area contributed by atoms with Crippen molar-refractivity contribution in [1.29, 1.82) is 5.26 Å². The van der Waals surface area contributed by atoms with Crippen molar-refractivity contribution in [2.45, 2.75) is 23.3 Å². The first-order chi connectivity index (χ1) is 18.6. The van der Waals surface area contributed by atoms with Crippen molar-refractivity contribution in [2.75, 3.05) is 13.2 Å². The number of carbonyl (C=O) groups excluding carboxylic acids is 1. The summed E-state index contributed by atoms with van der Waals surface area (Å²) in [6.07, 6.45) is 1.41. The van der Waals surface area contributed by atoms with Crippen LogP contribution < -0.4 is 0 Å². The van der Waals surface area contributed by atoms with E-state index >= 15 is 0 Å². The molecule has 0 N–H and O–H groups in total. The fraction of sp³-hybridized carbons (Fsp3) is 0.214. The highest BCUT2D eigenvalue weighted by Crippen LogP contribution is 2.61. The molecule has 9 nitrogen and oxygen atoms in total. The molecule has 0 saturated carbocycles. The van der Waals surface area contributed by atoms with Gasteiger partial charge in [-0.2, -0.15) is 9.57 Å². The van der Waals surface area contributed by atoms with E-state index < -0.39 is 37.8 Å². The number of nitrogens with zero attached hydrogens (tertiary/aromatic N) is 3. The van der Waals surface area contributed by atoms with Gasteiger partial charge in [0.25, 0.3) is 5.69 Å². The summed E-state index contributed by atoms with van der Waals surface area (Å²) in [5.41, 5.74) is -3.12. The molecule has 200 valence electrons. The topological polar surface area (TPSA) is 131 Å². The summed E-state index contributed by atoms with van der Waals surface area (Å²) >= 11 is 6.13. The van der Waals surface area contributed by atoms with Gasteiger partial charge in [-0.15, -0.1) is 6.58 Å². The van der Waals surface area contributed by atoms with Crippen LogP contribution in [-0.2, 0) is 25.0 Å². The highest BCUT2D eigenvalue weighted by Gasteiger charge is 2.71. The molecule has 3 atom stereocenters. The van der Waals surface area contributed by atoms with E-state index in [-0.39, 0.29) is 23.7 Å². The second-order valence-electron chi connectivity index (χ2n) is 8.94. The van der Waals surface area contributed by atoms with Crippen molar-refractivity contribution in [3.8, 4) is 6.07 Å². The van der Waals surface area contributed by atoms with E-state index in [0.717, 1.165) is 28.6 Å². The molecule has 4 rings (SSSR count). The number of rotatable bonds is 8. The Kier molecular flexibility index (Phi) is 7.61. The van der Waals surface area contributed by atoms with E-state index in [1.54, 1.807) is 61.5 Å². The average molecular weight is 566 g/mol. The quantitative estimate of drug-likeness (QED) is 0.159. The maximum absolute atomic E-state index is 14.2. The smallest absolute Gasteiger partial charge is 0.329 e. The Morgan fingerprint density at radius 2 is 1.79 bits per heavy atom. The fourth-order valence-corrected chi connectivity index (χ4v) is 7.03. The Hall–Kier alpha value is -4.04. The maximum atomic E-state index is 14.2. The Balaban J connectivity index is 2.07. The van der Waals surface area contributed by atoms with Gasteiger partial charge in [-0.3, -0.25) is 14.9 Å². The number of halogens is 1. The number of nitro groups is 1. The third-order valence-electron chi connectivity index (χ3n) is 7.06. The molecular weight excluding hydrogens is 542 g/mol. The van der Waals surface area contributed by atoms with Gasteiger partial charge in [-0.1, -0.05) is 60.1 Å². The summed E-state index contributed by atoms with van der Waals surface area (Å²) < 4.78 is 35.0. The van der Waals surface area contributed by atoms with Gasteiger partial charge < -0.3 is 4.74 Å². The second kappa shape index (κ2) is 10.6. The first kappa shape index (κ1) is 28.0. The van der Waals surface area contributed by atoms with Crippen LogP contribution in [0.2, 0.25) is 5.02 Å². The van der Waals surface area contributed by atoms with Crippen LogP contribution in [0.25, 0.3) is 0 Å². The van der Waals surface area contributed by atoms with Gasteiger partial charge >= 0.3 is 5.97 Å². The number of hydrogen-bond donors (Lipinski definition) is 0. The number of esters is 1. The highest BCUT2D eigenvalue weighted by atomic mass is 35.5. The minimum absolute atomic E-state index is 0.0489. The van der Waals surface area contributed by atoms with Crippen LogP contribution in [0.3, 0.4) is 0 Å². The number of non-ortho nitro benzene ring substituents is 1. The monoisotopic (exact) mass is 565 g/mol. The number of ether oxygens (including phenoxy) is 1. The number of nitro benzene ring substituents is 1. The summed E-state index contributed by atoms with van der Waals surface area (Å²) in [4.78, 5) is 24.2. The molecule has 0 bridgehead atoms. The molecule has 11 heteroatoms. The first-order valence-corrected chi connectivity index (χ1v) is 13.7. The van der Waals surface area contributed by atoms with Gasteiger partial charge in [0, 0.05) is 23.7 Å². The van der Waals surface area contributed by atoms with Crippen LogP contribution in [0.5, 0.6) is 0 Å². The third kappa shape index (κ3) is 4.38. The number of nitriles is 1. The number of sulfonamides is 1.